The molecule has 0 bridgehead atoms. The number of pyridine rings is 1. The fourth-order valence-electron chi connectivity index (χ4n) is 2.54. The van der Waals surface area contributed by atoms with Gasteiger partial charge in [0.2, 0.25) is 0 Å². The Morgan fingerprint density at radius 3 is 2.56 bits per heavy atom. The van der Waals surface area contributed by atoms with E-state index in [1.165, 1.54) is 25.7 Å². The summed E-state index contributed by atoms with van der Waals surface area (Å²) in [5, 5.41) is 0. The molecule has 1 aliphatic rings. The maximum Gasteiger partial charge on any atom is 0.255 e. The molecule has 1 aromatic rings. The first-order chi connectivity index (χ1) is 7.83. The maximum atomic E-state index is 12.1. The first-order valence-electron chi connectivity index (χ1n) is 6.23. The standard InChI is InChI=1S/C13H20N2O/c14-10-11-6-5-9-15(13(11)16)12-7-3-1-2-4-8-12/h5-6,9,12H,1-4,7-8,10,14H2. The predicted molar refractivity (Wildman–Crippen MR) is 65.3 cm³/mol. The number of hydrogen-bond acceptors (Lipinski definition) is 2. The monoisotopic (exact) mass is 220 g/mol. The quantitative estimate of drug-likeness (QED) is 0.777. The third kappa shape index (κ3) is 2.35. The summed E-state index contributed by atoms with van der Waals surface area (Å²) in [6.07, 6.45) is 9.27. The number of aromatic nitrogens is 1. The molecule has 0 aliphatic heterocycles. The Balaban J connectivity index is 2.28. The summed E-state index contributed by atoms with van der Waals surface area (Å²) in [6, 6.07) is 4.16. The fourth-order valence-corrected chi connectivity index (χ4v) is 2.54. The van der Waals surface area contributed by atoms with E-state index in [1.807, 2.05) is 22.9 Å². The second-order valence-electron chi connectivity index (χ2n) is 4.60. The minimum atomic E-state index is 0.108. The van der Waals surface area contributed by atoms with Crippen molar-refractivity contribution in [1.82, 2.24) is 4.57 Å². The number of hydrogen-bond donors (Lipinski definition) is 1. The van der Waals surface area contributed by atoms with Crippen molar-refractivity contribution in [3.8, 4) is 0 Å². The summed E-state index contributed by atoms with van der Waals surface area (Å²) in [6.45, 7) is 0.340. The van der Waals surface area contributed by atoms with Crippen LogP contribution in [0.5, 0.6) is 0 Å². The molecule has 3 nitrogen and oxygen atoms in total. The summed E-state index contributed by atoms with van der Waals surface area (Å²) in [5.74, 6) is 0. The van der Waals surface area contributed by atoms with E-state index in [0.29, 0.717) is 12.6 Å². The molecule has 88 valence electrons. The van der Waals surface area contributed by atoms with Gasteiger partial charge in [-0.15, -0.1) is 0 Å². The fraction of sp³-hybridized carbons (Fsp3) is 0.615. The van der Waals surface area contributed by atoms with Crippen LogP contribution in [-0.2, 0) is 6.54 Å². The van der Waals surface area contributed by atoms with E-state index in [-0.39, 0.29) is 5.56 Å². The molecule has 0 saturated heterocycles. The summed E-state index contributed by atoms with van der Waals surface area (Å²) < 4.78 is 1.90. The van der Waals surface area contributed by atoms with Gasteiger partial charge in [0.25, 0.3) is 5.56 Å². The average molecular weight is 220 g/mol. The Kier molecular flexibility index (Phi) is 3.78. The Bertz CT molecular complexity index is 389. The van der Waals surface area contributed by atoms with Crippen molar-refractivity contribution in [1.29, 1.82) is 0 Å². The Morgan fingerprint density at radius 1 is 1.25 bits per heavy atom. The van der Waals surface area contributed by atoms with Gasteiger partial charge in [-0.05, 0) is 18.9 Å². The van der Waals surface area contributed by atoms with E-state index < -0.39 is 0 Å². The lowest BCUT2D eigenvalue weighted by Crippen LogP contribution is -2.27. The lowest BCUT2D eigenvalue weighted by molar-refractivity contribution is 0.430. The molecule has 16 heavy (non-hydrogen) atoms. The highest BCUT2D eigenvalue weighted by atomic mass is 16.1. The zero-order valence-corrected chi connectivity index (χ0v) is 9.69. The number of rotatable bonds is 2. The zero-order valence-electron chi connectivity index (χ0n) is 9.69. The van der Waals surface area contributed by atoms with E-state index in [9.17, 15) is 4.79 Å². The molecule has 1 aliphatic carbocycles. The van der Waals surface area contributed by atoms with Gasteiger partial charge in [0.15, 0.2) is 0 Å². The van der Waals surface area contributed by atoms with Crippen LogP contribution in [0.4, 0.5) is 0 Å². The van der Waals surface area contributed by atoms with Gasteiger partial charge in [-0.2, -0.15) is 0 Å². The second-order valence-corrected chi connectivity index (χ2v) is 4.60. The van der Waals surface area contributed by atoms with Gasteiger partial charge in [-0.1, -0.05) is 31.7 Å². The van der Waals surface area contributed by atoms with Gasteiger partial charge in [0, 0.05) is 24.3 Å². The van der Waals surface area contributed by atoms with Crippen LogP contribution in [0.25, 0.3) is 0 Å². The summed E-state index contributed by atoms with van der Waals surface area (Å²) >= 11 is 0. The average Bonchev–Trinajstić information content (AvgIpc) is 2.58. The Morgan fingerprint density at radius 2 is 1.94 bits per heavy atom. The van der Waals surface area contributed by atoms with Gasteiger partial charge in [0.05, 0.1) is 0 Å². The molecule has 0 aromatic carbocycles. The van der Waals surface area contributed by atoms with Gasteiger partial charge >= 0.3 is 0 Å². The van der Waals surface area contributed by atoms with Crippen LogP contribution in [0.1, 0.15) is 50.1 Å². The van der Waals surface area contributed by atoms with Crippen LogP contribution in [0.15, 0.2) is 23.1 Å². The van der Waals surface area contributed by atoms with E-state index in [2.05, 4.69) is 0 Å². The van der Waals surface area contributed by atoms with E-state index in [1.54, 1.807) is 0 Å². The normalized spacial score (nSPS) is 18.3. The van der Waals surface area contributed by atoms with Crippen molar-refractivity contribution in [2.45, 2.75) is 51.1 Å². The van der Waals surface area contributed by atoms with Gasteiger partial charge in [-0.3, -0.25) is 4.79 Å². The molecule has 0 unspecified atom stereocenters. The predicted octanol–water partition coefficient (Wildman–Crippen LogP) is 2.20. The van der Waals surface area contributed by atoms with Crippen LogP contribution < -0.4 is 11.3 Å². The molecule has 0 spiro atoms. The molecule has 1 aromatic heterocycles. The van der Waals surface area contributed by atoms with Gasteiger partial charge in [-0.25, -0.2) is 0 Å². The second kappa shape index (κ2) is 5.30. The van der Waals surface area contributed by atoms with Crippen LogP contribution in [0.3, 0.4) is 0 Å². The highest BCUT2D eigenvalue weighted by molar-refractivity contribution is 5.10. The molecule has 1 heterocycles. The van der Waals surface area contributed by atoms with Crippen molar-refractivity contribution in [2.75, 3.05) is 0 Å². The summed E-state index contributed by atoms with van der Waals surface area (Å²) in [7, 11) is 0. The van der Waals surface area contributed by atoms with Crippen LogP contribution >= 0.6 is 0 Å². The minimum Gasteiger partial charge on any atom is -0.326 e. The van der Waals surface area contributed by atoms with Crippen molar-refractivity contribution >= 4 is 0 Å². The molecule has 3 heteroatoms. The van der Waals surface area contributed by atoms with Gasteiger partial charge in [0.1, 0.15) is 0 Å². The number of nitrogens with zero attached hydrogens (tertiary/aromatic N) is 1. The summed E-state index contributed by atoms with van der Waals surface area (Å²) in [5.41, 5.74) is 6.40. The molecular formula is C13H20N2O. The zero-order chi connectivity index (χ0) is 11.4. The smallest absolute Gasteiger partial charge is 0.255 e. The van der Waals surface area contributed by atoms with Crippen LogP contribution in [-0.4, -0.2) is 4.57 Å². The first kappa shape index (κ1) is 11.4. The molecule has 0 amide bonds. The van der Waals surface area contributed by atoms with Crippen LogP contribution in [0.2, 0.25) is 0 Å². The Hall–Kier alpha value is -1.09. The third-order valence-electron chi connectivity index (χ3n) is 3.49. The lowest BCUT2D eigenvalue weighted by atomic mass is 10.1. The molecule has 2 N–H and O–H groups in total. The van der Waals surface area contributed by atoms with Gasteiger partial charge < -0.3 is 10.3 Å². The van der Waals surface area contributed by atoms with Crippen molar-refractivity contribution < 1.29 is 0 Å². The lowest BCUT2D eigenvalue weighted by Gasteiger charge is -2.18. The topological polar surface area (TPSA) is 48.0 Å². The van der Waals surface area contributed by atoms with Crippen molar-refractivity contribution in [2.24, 2.45) is 5.73 Å². The first-order valence-corrected chi connectivity index (χ1v) is 6.23. The van der Waals surface area contributed by atoms with Crippen molar-refractivity contribution in [3.05, 3.63) is 34.2 Å². The molecule has 2 rings (SSSR count). The summed E-state index contributed by atoms with van der Waals surface area (Å²) in [4.78, 5) is 12.1. The van der Waals surface area contributed by atoms with Crippen molar-refractivity contribution in [3.63, 3.8) is 0 Å². The van der Waals surface area contributed by atoms with E-state index in [4.69, 9.17) is 5.73 Å². The largest absolute Gasteiger partial charge is 0.326 e. The minimum absolute atomic E-state index is 0.108. The highest BCUT2D eigenvalue weighted by Crippen LogP contribution is 2.25. The molecule has 1 saturated carbocycles. The molecular weight excluding hydrogens is 200 g/mol. The highest BCUT2D eigenvalue weighted by Gasteiger charge is 2.15. The molecule has 0 radical (unpaired) electrons. The SMILES string of the molecule is NCc1cccn(C2CCCCCC2)c1=O. The maximum absolute atomic E-state index is 12.1. The van der Waals surface area contributed by atoms with E-state index in [0.717, 1.165) is 18.4 Å². The molecule has 1 fully saturated rings. The number of nitrogens with two attached hydrogens (primary N) is 1. The third-order valence-corrected chi connectivity index (χ3v) is 3.49. The van der Waals surface area contributed by atoms with E-state index >= 15 is 0 Å². The molecule has 0 atom stereocenters. The van der Waals surface area contributed by atoms with Crippen LogP contribution in [0, 0.1) is 0 Å². The Labute approximate surface area is 96.3 Å².